The summed E-state index contributed by atoms with van der Waals surface area (Å²) in [6, 6.07) is 20.4. The number of hydrogen-bond acceptors (Lipinski definition) is 8. The van der Waals surface area contributed by atoms with E-state index in [0.29, 0.717) is 70.9 Å². The minimum Gasteiger partial charge on any atom is -0.383 e. The van der Waals surface area contributed by atoms with Gasteiger partial charge in [0.05, 0.1) is 32.3 Å². The number of ketones is 4. The van der Waals surface area contributed by atoms with E-state index in [1.54, 1.807) is 60.7 Å². The van der Waals surface area contributed by atoms with Gasteiger partial charge in [0.2, 0.25) is 0 Å². The van der Waals surface area contributed by atoms with Crippen LogP contribution in [0.4, 0.5) is 11.4 Å². The van der Waals surface area contributed by atoms with Gasteiger partial charge in [0.25, 0.3) is 0 Å². The Balaban J connectivity index is 0.916. The number of rotatable bonds is 12. The van der Waals surface area contributed by atoms with Crippen molar-refractivity contribution in [1.82, 2.24) is 10.6 Å². The first-order valence-corrected chi connectivity index (χ1v) is 15.5. The third kappa shape index (κ3) is 5.90. The van der Waals surface area contributed by atoms with Crippen molar-refractivity contribution in [2.24, 2.45) is 0 Å². The fourth-order valence-electron chi connectivity index (χ4n) is 5.85. The van der Waals surface area contributed by atoms with Crippen molar-refractivity contribution < 1.29 is 19.2 Å². The van der Waals surface area contributed by atoms with Crippen molar-refractivity contribution >= 4 is 57.7 Å². The van der Waals surface area contributed by atoms with Gasteiger partial charge in [-0.3, -0.25) is 19.2 Å². The Kier molecular flexibility index (Phi) is 9.09. The zero-order valence-corrected chi connectivity index (χ0v) is 25.8. The van der Waals surface area contributed by atoms with E-state index in [2.05, 4.69) is 21.3 Å². The first-order valence-electron chi connectivity index (χ1n) is 14.8. The van der Waals surface area contributed by atoms with E-state index < -0.39 is 0 Å². The van der Waals surface area contributed by atoms with E-state index in [0.717, 1.165) is 19.5 Å². The molecule has 0 saturated heterocycles. The van der Waals surface area contributed by atoms with Crippen LogP contribution in [0.25, 0.3) is 0 Å². The molecule has 0 radical (unpaired) electrons. The maximum absolute atomic E-state index is 13.2. The van der Waals surface area contributed by atoms with Gasteiger partial charge in [-0.25, -0.2) is 0 Å². The molecular formula is C35H30Cl2N4O4. The second-order valence-electron chi connectivity index (χ2n) is 10.8. The first-order chi connectivity index (χ1) is 21.9. The molecule has 0 spiro atoms. The number of fused-ring (bicyclic) bond motifs is 4. The fraction of sp³-hybridized carbons (Fsp3) is 0.200. The lowest BCUT2D eigenvalue weighted by Crippen LogP contribution is -2.29. The Morgan fingerprint density at radius 2 is 0.778 bits per heavy atom. The van der Waals surface area contributed by atoms with Gasteiger partial charge in [0.15, 0.2) is 23.1 Å². The van der Waals surface area contributed by atoms with Crippen LogP contribution in [-0.4, -0.2) is 62.4 Å². The second kappa shape index (κ2) is 13.3. The second-order valence-corrected chi connectivity index (χ2v) is 11.6. The van der Waals surface area contributed by atoms with Crippen molar-refractivity contribution in [3.8, 4) is 0 Å². The molecule has 4 aromatic carbocycles. The zero-order valence-electron chi connectivity index (χ0n) is 24.3. The molecule has 2 aliphatic carbocycles. The molecule has 0 aromatic heterocycles. The summed E-state index contributed by atoms with van der Waals surface area (Å²) in [6.07, 6.45) is 0.899. The quantitative estimate of drug-likeness (QED) is 0.127. The van der Waals surface area contributed by atoms with Crippen LogP contribution >= 0.6 is 23.2 Å². The average molecular weight is 642 g/mol. The monoisotopic (exact) mass is 640 g/mol. The third-order valence-electron chi connectivity index (χ3n) is 7.98. The van der Waals surface area contributed by atoms with Gasteiger partial charge in [-0.2, -0.15) is 0 Å². The van der Waals surface area contributed by atoms with Gasteiger partial charge in [-0.15, -0.1) is 0 Å². The molecule has 2 aliphatic rings. The van der Waals surface area contributed by atoms with Crippen LogP contribution in [0.5, 0.6) is 0 Å². The number of anilines is 2. The molecule has 10 heteroatoms. The molecule has 0 atom stereocenters. The molecule has 8 nitrogen and oxygen atoms in total. The van der Waals surface area contributed by atoms with E-state index >= 15 is 0 Å². The van der Waals surface area contributed by atoms with E-state index in [1.165, 1.54) is 0 Å². The highest BCUT2D eigenvalue weighted by Gasteiger charge is 2.34. The third-order valence-corrected chi connectivity index (χ3v) is 8.61. The lowest BCUT2D eigenvalue weighted by Gasteiger charge is -2.21. The molecule has 0 amide bonds. The standard InChI is InChI=1S/C35H30Cl2N4O4/c36-24-10-1-6-20-28(24)32(42)22-8-3-12-26(30(22)34(20)44)40-18-16-38-14-5-15-39-17-19-41-27-13-4-9-23-31(27)35(45)21-7-2-11-25(37)29(21)33(23)43/h1-4,6-13,38-41H,5,14-19H2. The number of carbonyl (C=O) groups is 4. The van der Waals surface area contributed by atoms with E-state index in [1.807, 2.05) is 12.1 Å². The summed E-state index contributed by atoms with van der Waals surface area (Å²) >= 11 is 12.5. The van der Waals surface area contributed by atoms with Crippen molar-refractivity contribution in [3.63, 3.8) is 0 Å². The van der Waals surface area contributed by atoms with Crippen LogP contribution in [0, 0.1) is 0 Å². The molecule has 0 fully saturated rings. The van der Waals surface area contributed by atoms with Gasteiger partial charge >= 0.3 is 0 Å². The molecule has 0 bridgehead atoms. The van der Waals surface area contributed by atoms with Gasteiger partial charge in [-0.1, -0.05) is 71.7 Å². The van der Waals surface area contributed by atoms with Gasteiger partial charge < -0.3 is 21.3 Å². The average Bonchev–Trinajstić information content (AvgIpc) is 3.04. The van der Waals surface area contributed by atoms with E-state index in [-0.39, 0.29) is 44.3 Å². The predicted octanol–water partition coefficient (Wildman–Crippen LogP) is 5.64. The Morgan fingerprint density at radius 1 is 0.422 bits per heavy atom. The van der Waals surface area contributed by atoms with Crippen LogP contribution in [0.3, 0.4) is 0 Å². The number of nitrogens with one attached hydrogen (secondary N) is 4. The summed E-state index contributed by atoms with van der Waals surface area (Å²) in [6.45, 7) is 4.10. The Hall–Kier alpha value is -4.34. The summed E-state index contributed by atoms with van der Waals surface area (Å²) < 4.78 is 0. The predicted molar refractivity (Wildman–Crippen MR) is 177 cm³/mol. The minimum absolute atomic E-state index is 0.207. The molecule has 4 N–H and O–H groups in total. The molecule has 0 heterocycles. The lowest BCUT2D eigenvalue weighted by atomic mass is 9.83. The maximum atomic E-state index is 13.2. The normalized spacial score (nSPS) is 13.2. The molecule has 6 rings (SSSR count). The summed E-state index contributed by atoms with van der Waals surface area (Å²) in [4.78, 5) is 52.6. The highest BCUT2D eigenvalue weighted by molar-refractivity contribution is 6.40. The van der Waals surface area contributed by atoms with E-state index in [4.69, 9.17) is 23.2 Å². The van der Waals surface area contributed by atoms with E-state index in [9.17, 15) is 19.2 Å². The van der Waals surface area contributed by atoms with Crippen molar-refractivity contribution in [3.05, 3.63) is 127 Å². The zero-order chi connectivity index (χ0) is 31.5. The molecule has 0 unspecified atom stereocenters. The van der Waals surface area contributed by atoms with Crippen LogP contribution in [0.1, 0.15) is 70.1 Å². The van der Waals surface area contributed by atoms with Gasteiger partial charge in [0.1, 0.15) is 0 Å². The molecule has 45 heavy (non-hydrogen) atoms. The van der Waals surface area contributed by atoms with Crippen molar-refractivity contribution in [1.29, 1.82) is 0 Å². The highest BCUT2D eigenvalue weighted by Crippen LogP contribution is 2.36. The summed E-state index contributed by atoms with van der Waals surface area (Å²) in [5, 5.41) is 13.9. The van der Waals surface area contributed by atoms with Crippen LogP contribution in [-0.2, 0) is 0 Å². The number of halogens is 2. The van der Waals surface area contributed by atoms with Crippen LogP contribution in [0.15, 0.2) is 72.8 Å². The Morgan fingerprint density at radius 3 is 1.20 bits per heavy atom. The Labute approximate surface area is 270 Å². The summed E-state index contributed by atoms with van der Waals surface area (Å²) in [7, 11) is 0. The SMILES string of the molecule is O=C1c2cccc(NCCNCCCNCCNc3cccc4c3C(=O)c3cccc(Cl)c3C4=O)c2C(=O)c2cccc(Cl)c21. The highest BCUT2D eigenvalue weighted by atomic mass is 35.5. The molecule has 0 saturated carbocycles. The maximum Gasteiger partial charge on any atom is 0.196 e. The number of hydrogen-bond donors (Lipinski definition) is 4. The topological polar surface area (TPSA) is 116 Å². The molecular weight excluding hydrogens is 611 g/mol. The van der Waals surface area contributed by atoms with Gasteiger partial charge in [0, 0.05) is 59.8 Å². The minimum atomic E-state index is -0.238. The lowest BCUT2D eigenvalue weighted by molar-refractivity contribution is 0.0979. The molecule has 4 aromatic rings. The van der Waals surface area contributed by atoms with Crippen molar-refractivity contribution in [2.45, 2.75) is 6.42 Å². The number of carbonyl (C=O) groups excluding carboxylic acids is 4. The van der Waals surface area contributed by atoms with Crippen LogP contribution < -0.4 is 21.3 Å². The molecule has 0 aliphatic heterocycles. The largest absolute Gasteiger partial charge is 0.383 e. The van der Waals surface area contributed by atoms with Gasteiger partial charge in [-0.05, 0) is 43.8 Å². The smallest absolute Gasteiger partial charge is 0.196 e. The summed E-state index contributed by atoms with van der Waals surface area (Å²) in [5.41, 5.74) is 3.95. The van der Waals surface area contributed by atoms with Crippen molar-refractivity contribution in [2.75, 3.05) is 49.9 Å². The Bertz CT molecular complexity index is 1720. The first kappa shape index (κ1) is 30.7. The fourth-order valence-corrected chi connectivity index (χ4v) is 6.37. The molecule has 228 valence electrons. The number of benzene rings is 4. The summed E-state index contributed by atoms with van der Waals surface area (Å²) in [5.74, 6) is -0.891. The van der Waals surface area contributed by atoms with Crippen LogP contribution in [0.2, 0.25) is 10.0 Å².